The highest BCUT2D eigenvalue weighted by Gasteiger charge is 2.55. The summed E-state index contributed by atoms with van der Waals surface area (Å²) >= 11 is 0. The monoisotopic (exact) mass is 408 g/mol. The lowest BCUT2D eigenvalue weighted by atomic mass is 9.81. The molecule has 30 heavy (non-hydrogen) atoms. The molecule has 0 spiro atoms. The number of β-lactam (4-membered cyclic amide) rings is 1. The maximum absolute atomic E-state index is 13.1. The molecule has 2 aromatic rings. The van der Waals surface area contributed by atoms with E-state index < -0.39 is 17.4 Å². The van der Waals surface area contributed by atoms with Crippen LogP contribution in [0.5, 0.6) is 5.75 Å². The average Bonchev–Trinajstić information content (AvgIpc) is 2.76. The van der Waals surface area contributed by atoms with Gasteiger partial charge in [0.15, 0.2) is 5.54 Å². The topological polar surface area (TPSA) is 84.9 Å². The van der Waals surface area contributed by atoms with Crippen LogP contribution in [0.15, 0.2) is 60.7 Å². The van der Waals surface area contributed by atoms with E-state index >= 15 is 0 Å². The second-order valence-corrected chi connectivity index (χ2v) is 6.76. The molecular weight excluding hydrogens is 384 g/mol. The van der Waals surface area contributed by atoms with E-state index in [2.05, 4.69) is 5.32 Å². The summed E-state index contributed by atoms with van der Waals surface area (Å²) in [4.78, 5) is 38.8. The van der Waals surface area contributed by atoms with Crippen LogP contribution in [0.3, 0.4) is 0 Å². The number of anilines is 1. The van der Waals surface area contributed by atoms with Gasteiger partial charge in [-0.3, -0.25) is 19.3 Å². The quantitative estimate of drug-likeness (QED) is 0.536. The molecule has 1 atom stereocenters. The van der Waals surface area contributed by atoms with Gasteiger partial charge >= 0.3 is 5.97 Å². The van der Waals surface area contributed by atoms with Crippen molar-refractivity contribution in [1.82, 2.24) is 5.32 Å². The molecule has 1 aliphatic rings. The number of rotatable bonds is 8. The van der Waals surface area contributed by atoms with Gasteiger partial charge in [0.2, 0.25) is 5.91 Å². The molecule has 0 aliphatic carbocycles. The third kappa shape index (κ3) is 4.35. The number of hydrogen-bond donors (Lipinski definition) is 1. The number of ether oxygens (including phenoxy) is 2. The Hall–Kier alpha value is -3.61. The van der Waals surface area contributed by atoms with Crippen molar-refractivity contribution in [3.8, 4) is 5.75 Å². The SMILES string of the molecule is CCOC(=O)CNC(=O)[C@@]1(/C=C/c2ccccc2)CC(=O)N1c1ccc(OC)cc1. The van der Waals surface area contributed by atoms with E-state index in [-0.39, 0.29) is 25.5 Å². The van der Waals surface area contributed by atoms with E-state index in [9.17, 15) is 14.4 Å². The first kappa shape index (κ1) is 21.1. The molecule has 0 bridgehead atoms. The molecule has 1 heterocycles. The normalized spacial score (nSPS) is 18.1. The van der Waals surface area contributed by atoms with Crippen LogP contribution in [0.1, 0.15) is 18.9 Å². The lowest BCUT2D eigenvalue weighted by Crippen LogP contribution is -2.70. The number of methoxy groups -OCH3 is 1. The maximum Gasteiger partial charge on any atom is 0.325 e. The van der Waals surface area contributed by atoms with Crippen LogP contribution in [0, 0.1) is 0 Å². The van der Waals surface area contributed by atoms with Gasteiger partial charge in [0, 0.05) is 5.69 Å². The summed E-state index contributed by atoms with van der Waals surface area (Å²) in [6.07, 6.45) is 3.50. The molecule has 0 saturated carbocycles. The van der Waals surface area contributed by atoms with E-state index in [1.165, 1.54) is 4.90 Å². The van der Waals surface area contributed by atoms with Crippen LogP contribution < -0.4 is 15.0 Å². The van der Waals surface area contributed by atoms with Crippen LogP contribution in [0.25, 0.3) is 6.08 Å². The standard InChI is InChI=1S/C23H24N2O5/c1-3-30-21(27)16-24-22(28)23(14-13-17-7-5-4-6-8-17)15-20(26)25(23)18-9-11-19(29-2)12-10-18/h4-14H,3,15-16H2,1-2H3,(H,24,28)/b14-13+/t23-/m1/s1. The Balaban J connectivity index is 1.92. The fraction of sp³-hybridized carbons (Fsp3) is 0.261. The van der Waals surface area contributed by atoms with Gasteiger partial charge in [0.1, 0.15) is 12.3 Å². The molecule has 156 valence electrons. The smallest absolute Gasteiger partial charge is 0.325 e. The highest BCUT2D eigenvalue weighted by Crippen LogP contribution is 2.39. The van der Waals surface area contributed by atoms with E-state index in [1.54, 1.807) is 50.5 Å². The molecule has 0 aromatic heterocycles. The van der Waals surface area contributed by atoms with Crippen LogP contribution >= 0.6 is 0 Å². The highest BCUT2D eigenvalue weighted by atomic mass is 16.5. The lowest BCUT2D eigenvalue weighted by molar-refractivity contribution is -0.144. The second kappa shape index (κ2) is 9.26. The van der Waals surface area contributed by atoms with Gasteiger partial charge in [0.05, 0.1) is 20.1 Å². The number of nitrogens with one attached hydrogen (secondary N) is 1. The molecule has 1 N–H and O–H groups in total. The van der Waals surface area contributed by atoms with Gasteiger partial charge in [0.25, 0.3) is 5.91 Å². The molecule has 2 aromatic carbocycles. The zero-order chi connectivity index (χ0) is 21.6. The first-order valence-electron chi connectivity index (χ1n) is 9.65. The van der Waals surface area contributed by atoms with E-state index in [1.807, 2.05) is 30.3 Å². The third-order valence-corrected chi connectivity index (χ3v) is 4.84. The summed E-state index contributed by atoms with van der Waals surface area (Å²) < 4.78 is 10.0. The van der Waals surface area contributed by atoms with Crippen LogP contribution in [-0.2, 0) is 19.1 Å². The number of nitrogens with zero attached hydrogens (tertiary/aromatic N) is 1. The van der Waals surface area contributed by atoms with Crippen molar-refractivity contribution in [2.24, 2.45) is 0 Å². The van der Waals surface area contributed by atoms with Crippen molar-refractivity contribution >= 4 is 29.5 Å². The van der Waals surface area contributed by atoms with Crippen molar-refractivity contribution < 1.29 is 23.9 Å². The van der Waals surface area contributed by atoms with E-state index in [0.29, 0.717) is 11.4 Å². The van der Waals surface area contributed by atoms with Crippen molar-refractivity contribution in [1.29, 1.82) is 0 Å². The number of carbonyl (C=O) groups is 3. The van der Waals surface area contributed by atoms with Gasteiger partial charge in [-0.2, -0.15) is 0 Å². The minimum Gasteiger partial charge on any atom is -0.497 e. The summed E-state index contributed by atoms with van der Waals surface area (Å²) in [7, 11) is 1.56. The number of benzene rings is 2. The number of amides is 2. The summed E-state index contributed by atoms with van der Waals surface area (Å²) in [6, 6.07) is 16.4. The zero-order valence-corrected chi connectivity index (χ0v) is 17.0. The number of hydrogen-bond acceptors (Lipinski definition) is 5. The molecule has 7 heteroatoms. The Bertz CT molecular complexity index is 940. The fourth-order valence-electron chi connectivity index (χ4n) is 3.33. The Morgan fingerprint density at radius 2 is 1.83 bits per heavy atom. The Labute approximate surface area is 175 Å². The Morgan fingerprint density at radius 1 is 1.13 bits per heavy atom. The van der Waals surface area contributed by atoms with Crippen LogP contribution in [0.2, 0.25) is 0 Å². The van der Waals surface area contributed by atoms with Gasteiger partial charge in [-0.1, -0.05) is 36.4 Å². The van der Waals surface area contributed by atoms with Crippen molar-refractivity contribution in [2.45, 2.75) is 18.9 Å². The minimum atomic E-state index is -1.24. The van der Waals surface area contributed by atoms with Gasteiger partial charge < -0.3 is 14.8 Å². The molecule has 1 saturated heterocycles. The molecule has 1 fully saturated rings. The predicted molar refractivity (Wildman–Crippen MR) is 113 cm³/mol. The van der Waals surface area contributed by atoms with Crippen molar-refractivity contribution in [3.63, 3.8) is 0 Å². The van der Waals surface area contributed by atoms with Crippen LogP contribution in [0.4, 0.5) is 5.69 Å². The van der Waals surface area contributed by atoms with Gasteiger partial charge in [-0.25, -0.2) is 0 Å². The number of esters is 1. The summed E-state index contributed by atoms with van der Waals surface area (Å²) in [5, 5.41) is 2.61. The van der Waals surface area contributed by atoms with E-state index in [0.717, 1.165) is 5.56 Å². The number of carbonyl (C=O) groups excluding carboxylic acids is 3. The second-order valence-electron chi connectivity index (χ2n) is 6.76. The molecule has 0 unspecified atom stereocenters. The van der Waals surface area contributed by atoms with E-state index in [4.69, 9.17) is 9.47 Å². The van der Waals surface area contributed by atoms with Gasteiger partial charge in [-0.15, -0.1) is 0 Å². The largest absolute Gasteiger partial charge is 0.497 e. The fourth-order valence-corrected chi connectivity index (χ4v) is 3.33. The Kier molecular flexibility index (Phi) is 6.51. The highest BCUT2D eigenvalue weighted by molar-refractivity contribution is 6.15. The van der Waals surface area contributed by atoms with Crippen LogP contribution in [-0.4, -0.2) is 43.6 Å². The molecule has 0 radical (unpaired) electrons. The van der Waals surface area contributed by atoms with Gasteiger partial charge in [-0.05, 0) is 42.8 Å². The molecular formula is C23H24N2O5. The predicted octanol–water partition coefficient (Wildman–Crippen LogP) is 2.56. The summed E-state index contributed by atoms with van der Waals surface area (Å²) in [5.41, 5.74) is 0.216. The summed E-state index contributed by atoms with van der Waals surface area (Å²) in [5.74, 6) is -0.527. The van der Waals surface area contributed by atoms with Crippen molar-refractivity contribution in [2.75, 3.05) is 25.2 Å². The molecule has 2 amide bonds. The Morgan fingerprint density at radius 3 is 2.43 bits per heavy atom. The average molecular weight is 408 g/mol. The zero-order valence-electron chi connectivity index (χ0n) is 17.0. The summed E-state index contributed by atoms with van der Waals surface area (Å²) in [6.45, 7) is 1.66. The lowest BCUT2D eigenvalue weighted by Gasteiger charge is -2.48. The molecule has 1 aliphatic heterocycles. The maximum atomic E-state index is 13.1. The molecule has 3 rings (SSSR count). The first-order valence-corrected chi connectivity index (χ1v) is 9.65. The minimum absolute atomic E-state index is 0.00295. The molecule has 7 nitrogen and oxygen atoms in total. The third-order valence-electron chi connectivity index (χ3n) is 4.84. The van der Waals surface area contributed by atoms with Crippen molar-refractivity contribution in [3.05, 3.63) is 66.2 Å². The first-order chi connectivity index (χ1) is 14.5.